The molecule has 2 aliphatic carbocycles. The zero-order valence-electron chi connectivity index (χ0n) is 42.7. The highest BCUT2D eigenvalue weighted by Crippen LogP contribution is 2.55. The van der Waals surface area contributed by atoms with E-state index in [1.165, 1.54) is 4.90 Å². The number of aryl methyl sites for hydroxylation is 1. The summed E-state index contributed by atoms with van der Waals surface area (Å²) in [6, 6.07) is 16.8. The van der Waals surface area contributed by atoms with Crippen molar-refractivity contribution in [2.45, 2.75) is 130 Å². The zero-order chi connectivity index (χ0) is 51.9. The number of carbonyl (C=O) groups excluding carboxylic acids is 4. The third kappa shape index (κ3) is 11.1. The lowest BCUT2D eigenvalue weighted by Crippen LogP contribution is -2.74. The number of anilines is 1. The Morgan fingerprint density at radius 2 is 1.65 bits per heavy atom. The summed E-state index contributed by atoms with van der Waals surface area (Å²) >= 11 is 7.84. The smallest absolute Gasteiger partial charge is 0.253 e. The molecule has 384 valence electrons. The number of rotatable bonds is 15. The molecule has 0 bridgehead atoms. The van der Waals surface area contributed by atoms with Crippen LogP contribution in [0.3, 0.4) is 0 Å². The van der Waals surface area contributed by atoms with Crippen LogP contribution < -0.4 is 25.6 Å². The number of nitriles is 1. The number of thiazole rings is 1. The van der Waals surface area contributed by atoms with Gasteiger partial charge in [0, 0.05) is 74.3 Å². The number of β-amino-alcohol motifs (C(OH)–C–C–N with tert-alkyl or cyclic N) is 1. The van der Waals surface area contributed by atoms with Crippen molar-refractivity contribution >= 4 is 52.4 Å². The molecule has 8 rings (SSSR count). The molecule has 2 saturated carbocycles. The highest BCUT2D eigenvalue weighted by molar-refractivity contribution is 7.13. The van der Waals surface area contributed by atoms with Gasteiger partial charge in [0.15, 0.2) is 0 Å². The van der Waals surface area contributed by atoms with Crippen LogP contribution in [0, 0.1) is 34.5 Å². The first-order valence-corrected chi connectivity index (χ1v) is 26.1. The monoisotopic (exact) mass is 1020 g/mol. The van der Waals surface area contributed by atoms with Crippen molar-refractivity contribution < 1.29 is 33.8 Å². The molecule has 2 aromatic carbocycles. The van der Waals surface area contributed by atoms with Gasteiger partial charge < -0.3 is 40.3 Å². The fraction of sp³-hybridized carbons (Fsp3) is 0.537. The summed E-state index contributed by atoms with van der Waals surface area (Å²) in [4.78, 5) is 71.0. The first-order valence-electron chi connectivity index (χ1n) is 24.9. The van der Waals surface area contributed by atoms with E-state index in [0.717, 1.165) is 66.5 Å². The second-order valence-corrected chi connectivity index (χ2v) is 23.4. The number of likely N-dealkylation sites (tertiary alicyclic amines) is 1. The fourth-order valence-corrected chi connectivity index (χ4v) is 12.2. The van der Waals surface area contributed by atoms with Crippen LogP contribution in [0.1, 0.15) is 108 Å². The molecule has 0 spiro atoms. The van der Waals surface area contributed by atoms with Crippen molar-refractivity contribution in [1.82, 2.24) is 35.7 Å². The summed E-state index contributed by atoms with van der Waals surface area (Å²) in [6.07, 6.45) is 2.14. The Balaban J connectivity index is 0.759. The Hall–Kier alpha value is -5.64. The van der Waals surface area contributed by atoms with E-state index in [1.807, 2.05) is 76.5 Å². The first-order chi connectivity index (χ1) is 34.0. The molecule has 16 nitrogen and oxygen atoms in total. The van der Waals surface area contributed by atoms with Crippen molar-refractivity contribution in [3.05, 3.63) is 93.7 Å². The van der Waals surface area contributed by atoms with Gasteiger partial charge in [-0.05, 0) is 67.5 Å². The Labute approximate surface area is 431 Å². The number of pyridine rings is 1. The van der Waals surface area contributed by atoms with Gasteiger partial charge in [0.25, 0.3) is 5.91 Å². The molecular formula is C54H68ClN9O7S. The largest absolute Gasteiger partial charge is 0.489 e. The average molecular weight is 1020 g/mol. The molecule has 1 unspecified atom stereocenters. The number of hydrogen-bond acceptors (Lipinski definition) is 13. The van der Waals surface area contributed by atoms with Gasteiger partial charge in [0.1, 0.15) is 42.4 Å². The maximum atomic E-state index is 14.2. The maximum absolute atomic E-state index is 14.2. The van der Waals surface area contributed by atoms with E-state index in [0.29, 0.717) is 27.9 Å². The lowest BCUT2D eigenvalue weighted by Gasteiger charge is -2.63. The van der Waals surface area contributed by atoms with Crippen LogP contribution in [-0.2, 0) is 19.1 Å². The molecule has 0 radical (unpaired) electrons. The molecule has 18 heteroatoms. The quantitative estimate of drug-likeness (QED) is 0.0985. The standard InChI is InChI=1S/C54H68ClN9O7S/c1-31(33-10-12-34(13-11-33)45-32(2)58-30-72-45)59-48(68)42-24-38(65)28-64(42)49(69)46(52(3,4)5)60-44(66)29-70-40-22-37(23-40)62-18-20-63(21-19-62)43-17-15-36(27-57-43)47(67)61-50-53(6,7)51(54(50,8)9)71-39-16-14-35(26-56)41(55)25-39/h10-17,25,27,30-31,37-38,40,42,46,50-51,65H,18-24,28-29H2,1-9H3,(H,59,68)(H,60,66)(H,61,67)/t31-,37?,38+,40?,42?,46+,50?,51?/m0/s1. The number of nitrogens with one attached hydrogen (secondary N) is 3. The van der Waals surface area contributed by atoms with Gasteiger partial charge in [-0.25, -0.2) is 9.97 Å². The molecular weight excluding hydrogens is 954 g/mol. The summed E-state index contributed by atoms with van der Waals surface area (Å²) in [7, 11) is 0. The Morgan fingerprint density at radius 1 is 0.958 bits per heavy atom. The predicted molar refractivity (Wildman–Crippen MR) is 277 cm³/mol. The average Bonchev–Trinajstić information content (AvgIpc) is 3.95. The molecule has 2 saturated heterocycles. The number of halogens is 1. The number of amides is 4. The molecule has 4 atom stereocenters. The van der Waals surface area contributed by atoms with Gasteiger partial charge in [0.05, 0.1) is 50.5 Å². The summed E-state index contributed by atoms with van der Waals surface area (Å²) in [5.41, 5.74) is 4.13. The number of aromatic nitrogens is 2. The van der Waals surface area contributed by atoms with Crippen LogP contribution >= 0.6 is 22.9 Å². The summed E-state index contributed by atoms with van der Waals surface area (Å²) in [5, 5.41) is 29.5. The molecule has 4 fully saturated rings. The normalized spacial score (nSPS) is 24.5. The molecule has 4 aromatic rings. The van der Waals surface area contributed by atoms with Crippen LogP contribution in [0.25, 0.3) is 10.4 Å². The van der Waals surface area contributed by atoms with Gasteiger partial charge in [-0.15, -0.1) is 11.3 Å². The third-order valence-electron chi connectivity index (χ3n) is 15.2. The molecule has 4 amide bonds. The number of aliphatic hydroxyl groups is 1. The Morgan fingerprint density at radius 3 is 2.25 bits per heavy atom. The summed E-state index contributed by atoms with van der Waals surface area (Å²) < 4.78 is 12.4. The van der Waals surface area contributed by atoms with E-state index in [1.54, 1.807) is 35.7 Å². The van der Waals surface area contributed by atoms with Gasteiger partial charge in [0.2, 0.25) is 17.7 Å². The molecule has 72 heavy (non-hydrogen) atoms. The van der Waals surface area contributed by atoms with E-state index < -0.39 is 46.2 Å². The molecule has 2 aliphatic heterocycles. The number of ether oxygens (including phenoxy) is 2. The van der Waals surface area contributed by atoms with Crippen molar-refractivity contribution in [2.75, 3.05) is 44.2 Å². The maximum Gasteiger partial charge on any atom is 0.253 e. The van der Waals surface area contributed by atoms with Crippen molar-refractivity contribution in [2.24, 2.45) is 16.2 Å². The minimum Gasteiger partial charge on any atom is -0.489 e. The number of nitrogens with zero attached hydrogens (tertiary/aromatic N) is 6. The minimum atomic E-state index is -0.952. The second-order valence-electron chi connectivity index (χ2n) is 22.2. The van der Waals surface area contributed by atoms with E-state index in [4.69, 9.17) is 21.1 Å². The third-order valence-corrected chi connectivity index (χ3v) is 16.5. The summed E-state index contributed by atoms with van der Waals surface area (Å²) in [5.74, 6) is -0.00283. The predicted octanol–water partition coefficient (Wildman–Crippen LogP) is 6.69. The zero-order valence-corrected chi connectivity index (χ0v) is 44.3. The highest BCUT2D eigenvalue weighted by atomic mass is 35.5. The SMILES string of the molecule is Cc1ncsc1-c1ccc([C@H](C)NC(=O)C2C[C@@H](O)CN2C(=O)[C@@H](NC(=O)COC2CC(N3CCN(c4ccc(C(=O)NC5C(C)(C)C(Oc6ccc(C#N)c(Cl)c6)C5(C)C)cn4)CC3)C2)C(C)(C)C)cc1. The molecule has 4 heterocycles. The Kier molecular flexibility index (Phi) is 15.4. The van der Waals surface area contributed by atoms with E-state index in [-0.39, 0.29) is 55.7 Å². The summed E-state index contributed by atoms with van der Waals surface area (Å²) in [6.45, 7) is 20.8. The van der Waals surface area contributed by atoms with E-state index in [9.17, 15) is 29.5 Å². The van der Waals surface area contributed by atoms with Crippen LogP contribution in [-0.4, -0.2) is 130 Å². The highest BCUT2D eigenvalue weighted by Gasteiger charge is 2.64. The van der Waals surface area contributed by atoms with Crippen LogP contribution in [0.5, 0.6) is 5.75 Å². The molecule has 2 aromatic heterocycles. The number of piperazine rings is 1. The number of hydrogen-bond donors (Lipinski definition) is 4. The van der Waals surface area contributed by atoms with Crippen molar-refractivity contribution in [1.29, 1.82) is 5.26 Å². The molecule has 4 N–H and O–H groups in total. The number of carbonyl (C=O) groups is 4. The van der Waals surface area contributed by atoms with Gasteiger partial charge >= 0.3 is 0 Å². The van der Waals surface area contributed by atoms with Crippen LogP contribution in [0.4, 0.5) is 5.82 Å². The van der Waals surface area contributed by atoms with Gasteiger partial charge in [-0.1, -0.05) is 84.3 Å². The molecule has 4 aliphatic rings. The number of aliphatic hydroxyl groups excluding tert-OH is 1. The van der Waals surface area contributed by atoms with E-state index in [2.05, 4.69) is 69.5 Å². The van der Waals surface area contributed by atoms with Crippen molar-refractivity contribution in [3.8, 4) is 22.3 Å². The van der Waals surface area contributed by atoms with Crippen LogP contribution in [0.15, 0.2) is 66.3 Å². The fourth-order valence-electron chi connectivity index (χ4n) is 11.2. The lowest BCUT2D eigenvalue weighted by atomic mass is 9.49. The lowest BCUT2D eigenvalue weighted by molar-refractivity contribution is -0.164. The van der Waals surface area contributed by atoms with E-state index >= 15 is 0 Å². The van der Waals surface area contributed by atoms with Gasteiger partial charge in [-0.2, -0.15) is 5.26 Å². The van der Waals surface area contributed by atoms with Crippen LogP contribution in [0.2, 0.25) is 5.02 Å². The number of benzene rings is 2. The Bertz CT molecular complexity index is 2650. The van der Waals surface area contributed by atoms with Crippen molar-refractivity contribution in [3.63, 3.8) is 0 Å². The minimum absolute atomic E-state index is 0.0103. The topological polar surface area (TPSA) is 202 Å². The second kappa shape index (κ2) is 21.1. The first kappa shape index (κ1) is 52.7. The van der Waals surface area contributed by atoms with Gasteiger partial charge in [-0.3, -0.25) is 24.1 Å².